The summed E-state index contributed by atoms with van der Waals surface area (Å²) in [7, 11) is -3.16. The molecule has 7 heteroatoms. The molecule has 0 aromatic rings. The third-order valence-electron chi connectivity index (χ3n) is 3.25. The molecule has 0 amide bonds. The molecular formula is C10H21ClN2O3S. The molecule has 2 saturated heterocycles. The van der Waals surface area contributed by atoms with Crippen LogP contribution < -0.4 is 5.73 Å². The normalized spacial score (nSPS) is 31.1. The summed E-state index contributed by atoms with van der Waals surface area (Å²) in [6.07, 6.45) is 3.63. The first-order chi connectivity index (χ1) is 7.58. The van der Waals surface area contributed by atoms with E-state index in [0.717, 1.165) is 25.7 Å². The lowest BCUT2D eigenvalue weighted by Gasteiger charge is -2.25. The van der Waals surface area contributed by atoms with Crippen molar-refractivity contribution in [3.8, 4) is 0 Å². The second-order valence-corrected chi connectivity index (χ2v) is 6.69. The zero-order chi connectivity index (χ0) is 11.6. The van der Waals surface area contributed by atoms with E-state index in [2.05, 4.69) is 0 Å². The van der Waals surface area contributed by atoms with Crippen LogP contribution in [0, 0.1) is 0 Å². The Balaban J connectivity index is 0.00000144. The number of hydrogen-bond acceptors (Lipinski definition) is 4. The van der Waals surface area contributed by atoms with E-state index in [1.165, 1.54) is 4.31 Å². The van der Waals surface area contributed by atoms with Gasteiger partial charge in [0.05, 0.1) is 11.9 Å². The fourth-order valence-electron chi connectivity index (χ4n) is 2.29. The Bertz CT molecular complexity index is 330. The molecule has 2 heterocycles. The van der Waals surface area contributed by atoms with Crippen LogP contribution >= 0.6 is 12.4 Å². The first-order valence-electron chi connectivity index (χ1n) is 5.93. The minimum atomic E-state index is -3.16. The van der Waals surface area contributed by atoms with Crippen molar-refractivity contribution in [1.29, 1.82) is 0 Å². The molecule has 0 radical (unpaired) electrons. The zero-order valence-corrected chi connectivity index (χ0v) is 11.5. The molecule has 0 aromatic heterocycles. The SMILES string of the molecule is Cl.N[C@H]1CCN(S(=O)(=O)CC2CCCCO2)C1. The van der Waals surface area contributed by atoms with E-state index in [0.29, 0.717) is 19.7 Å². The average molecular weight is 285 g/mol. The summed E-state index contributed by atoms with van der Waals surface area (Å²) in [6.45, 7) is 1.73. The topological polar surface area (TPSA) is 72.6 Å². The summed E-state index contributed by atoms with van der Waals surface area (Å²) in [5, 5.41) is 0. The van der Waals surface area contributed by atoms with Gasteiger partial charge in [-0.15, -0.1) is 12.4 Å². The van der Waals surface area contributed by atoms with Crippen molar-refractivity contribution in [3.05, 3.63) is 0 Å². The summed E-state index contributed by atoms with van der Waals surface area (Å²) in [4.78, 5) is 0. The quantitative estimate of drug-likeness (QED) is 0.811. The Labute approximate surface area is 109 Å². The van der Waals surface area contributed by atoms with E-state index in [1.54, 1.807) is 0 Å². The van der Waals surface area contributed by atoms with Crippen molar-refractivity contribution in [1.82, 2.24) is 4.31 Å². The molecule has 2 aliphatic rings. The lowest BCUT2D eigenvalue weighted by Crippen LogP contribution is -2.38. The first-order valence-corrected chi connectivity index (χ1v) is 7.54. The zero-order valence-electron chi connectivity index (χ0n) is 9.88. The van der Waals surface area contributed by atoms with Gasteiger partial charge in [0.1, 0.15) is 0 Å². The molecule has 0 aromatic carbocycles. The van der Waals surface area contributed by atoms with Gasteiger partial charge in [-0.2, -0.15) is 0 Å². The Morgan fingerprint density at radius 2 is 2.06 bits per heavy atom. The number of rotatable bonds is 3. The van der Waals surface area contributed by atoms with E-state index in [1.807, 2.05) is 0 Å². The smallest absolute Gasteiger partial charge is 0.216 e. The Kier molecular flexibility index (Phi) is 5.66. The van der Waals surface area contributed by atoms with Gasteiger partial charge in [0.15, 0.2) is 0 Å². The number of halogens is 1. The fraction of sp³-hybridized carbons (Fsp3) is 1.00. The van der Waals surface area contributed by atoms with Crippen LogP contribution in [0.15, 0.2) is 0 Å². The van der Waals surface area contributed by atoms with E-state index < -0.39 is 10.0 Å². The van der Waals surface area contributed by atoms with Gasteiger partial charge >= 0.3 is 0 Å². The second-order valence-electron chi connectivity index (χ2n) is 4.67. The first kappa shape index (κ1) is 15.2. The molecular weight excluding hydrogens is 264 g/mol. The van der Waals surface area contributed by atoms with Gasteiger partial charge in [-0.1, -0.05) is 0 Å². The fourth-order valence-corrected chi connectivity index (χ4v) is 4.03. The third-order valence-corrected chi connectivity index (χ3v) is 5.16. The highest BCUT2D eigenvalue weighted by molar-refractivity contribution is 7.89. The molecule has 0 spiro atoms. The molecule has 17 heavy (non-hydrogen) atoms. The van der Waals surface area contributed by atoms with Crippen LogP contribution in [0.1, 0.15) is 25.7 Å². The predicted molar refractivity (Wildman–Crippen MR) is 68.8 cm³/mol. The third kappa shape index (κ3) is 4.06. The number of sulfonamides is 1. The average Bonchev–Trinajstić information content (AvgIpc) is 2.66. The van der Waals surface area contributed by atoms with Gasteiger partial charge in [0, 0.05) is 25.7 Å². The molecule has 2 aliphatic heterocycles. The van der Waals surface area contributed by atoms with Crippen LogP contribution in [0.2, 0.25) is 0 Å². The lowest BCUT2D eigenvalue weighted by atomic mass is 10.1. The van der Waals surface area contributed by atoms with Crippen molar-refractivity contribution in [2.45, 2.75) is 37.8 Å². The highest BCUT2D eigenvalue weighted by atomic mass is 35.5. The van der Waals surface area contributed by atoms with Crippen LogP contribution in [0.5, 0.6) is 0 Å². The van der Waals surface area contributed by atoms with Crippen molar-refractivity contribution in [3.63, 3.8) is 0 Å². The summed E-state index contributed by atoms with van der Waals surface area (Å²) < 4.78 is 31.0. The molecule has 2 rings (SSSR count). The van der Waals surface area contributed by atoms with E-state index >= 15 is 0 Å². The molecule has 0 bridgehead atoms. The molecule has 5 nitrogen and oxygen atoms in total. The van der Waals surface area contributed by atoms with Crippen LogP contribution in [-0.2, 0) is 14.8 Å². The molecule has 2 N–H and O–H groups in total. The maximum Gasteiger partial charge on any atom is 0.216 e. The largest absolute Gasteiger partial charge is 0.377 e. The summed E-state index contributed by atoms with van der Waals surface area (Å²) >= 11 is 0. The second kappa shape index (κ2) is 6.33. The highest BCUT2D eigenvalue weighted by Gasteiger charge is 2.32. The van der Waals surface area contributed by atoms with E-state index in [9.17, 15) is 8.42 Å². The van der Waals surface area contributed by atoms with Crippen molar-refractivity contribution >= 4 is 22.4 Å². The van der Waals surface area contributed by atoms with Crippen LogP contribution in [0.3, 0.4) is 0 Å². The maximum atomic E-state index is 12.0. The van der Waals surface area contributed by atoms with Gasteiger partial charge in [0.25, 0.3) is 0 Å². The number of nitrogens with two attached hydrogens (primary N) is 1. The molecule has 0 aliphatic carbocycles. The van der Waals surface area contributed by atoms with Crippen molar-refractivity contribution < 1.29 is 13.2 Å². The maximum absolute atomic E-state index is 12.0. The highest BCUT2D eigenvalue weighted by Crippen LogP contribution is 2.18. The predicted octanol–water partition coefficient (Wildman–Crippen LogP) is 0.340. The lowest BCUT2D eigenvalue weighted by molar-refractivity contribution is 0.0299. The number of ether oxygens (including phenoxy) is 1. The van der Waals surface area contributed by atoms with Gasteiger partial charge in [-0.05, 0) is 25.7 Å². The molecule has 2 atom stereocenters. The Morgan fingerprint density at radius 1 is 1.29 bits per heavy atom. The van der Waals surface area contributed by atoms with Crippen LogP contribution in [0.4, 0.5) is 0 Å². The molecule has 102 valence electrons. The minimum absolute atomic E-state index is 0. The van der Waals surface area contributed by atoms with Gasteiger partial charge < -0.3 is 10.5 Å². The molecule has 0 saturated carbocycles. The summed E-state index contributed by atoms with van der Waals surface area (Å²) in [6, 6.07) is 0.00190. The summed E-state index contributed by atoms with van der Waals surface area (Å²) in [5.41, 5.74) is 5.72. The molecule has 2 fully saturated rings. The molecule has 1 unspecified atom stereocenters. The van der Waals surface area contributed by atoms with E-state index in [-0.39, 0.29) is 30.3 Å². The standard InChI is InChI=1S/C10H20N2O3S.ClH/c11-9-4-5-12(7-9)16(13,14)8-10-3-1-2-6-15-10;/h9-10H,1-8,11H2;1H/t9-,10?;/m0./s1. The number of nitrogens with zero attached hydrogens (tertiary/aromatic N) is 1. The Hall–Kier alpha value is 0.120. The Morgan fingerprint density at radius 3 is 2.59 bits per heavy atom. The van der Waals surface area contributed by atoms with Crippen LogP contribution in [-0.4, -0.2) is 50.3 Å². The van der Waals surface area contributed by atoms with Gasteiger partial charge in [0.2, 0.25) is 10.0 Å². The van der Waals surface area contributed by atoms with Crippen molar-refractivity contribution in [2.24, 2.45) is 5.73 Å². The van der Waals surface area contributed by atoms with E-state index in [4.69, 9.17) is 10.5 Å². The summed E-state index contributed by atoms with van der Waals surface area (Å²) in [5.74, 6) is 0.125. The van der Waals surface area contributed by atoms with Gasteiger partial charge in [-0.25, -0.2) is 12.7 Å². The number of hydrogen-bond donors (Lipinski definition) is 1. The van der Waals surface area contributed by atoms with Crippen molar-refractivity contribution in [2.75, 3.05) is 25.4 Å². The van der Waals surface area contributed by atoms with Crippen LogP contribution in [0.25, 0.3) is 0 Å². The monoisotopic (exact) mass is 284 g/mol. The van der Waals surface area contributed by atoms with Gasteiger partial charge in [-0.3, -0.25) is 0 Å². The minimum Gasteiger partial charge on any atom is -0.377 e.